The highest BCUT2D eigenvalue weighted by molar-refractivity contribution is 5.92. The van der Waals surface area contributed by atoms with Crippen molar-refractivity contribution in [2.24, 2.45) is 5.92 Å². The number of nitrogens with zero attached hydrogens (tertiary/aromatic N) is 2. The third-order valence-corrected chi connectivity index (χ3v) is 3.94. The summed E-state index contributed by atoms with van der Waals surface area (Å²) in [6.07, 6.45) is 5.35. The molecule has 0 saturated carbocycles. The fourth-order valence-electron chi connectivity index (χ4n) is 2.86. The van der Waals surface area contributed by atoms with Crippen LogP contribution in [0.15, 0.2) is 18.3 Å². The molecule has 1 aromatic rings. The second-order valence-corrected chi connectivity index (χ2v) is 5.64. The monoisotopic (exact) mass is 290 g/mol. The van der Waals surface area contributed by atoms with Gasteiger partial charge in [0.25, 0.3) is 5.91 Å². The molecule has 2 heterocycles. The van der Waals surface area contributed by atoms with Gasteiger partial charge in [0.2, 0.25) is 0 Å². The molecule has 1 saturated heterocycles. The number of amides is 1. The van der Waals surface area contributed by atoms with Crippen LogP contribution in [-0.2, 0) is 0 Å². The van der Waals surface area contributed by atoms with E-state index in [0.717, 1.165) is 38.3 Å². The minimum atomic E-state index is -0.132. The zero-order chi connectivity index (χ0) is 15.1. The van der Waals surface area contributed by atoms with Crippen molar-refractivity contribution in [1.82, 2.24) is 15.6 Å². The predicted octanol–water partition coefficient (Wildman–Crippen LogP) is 1.66. The lowest BCUT2D eigenvalue weighted by molar-refractivity contribution is 0.0958. The van der Waals surface area contributed by atoms with Crippen molar-refractivity contribution in [2.45, 2.75) is 26.2 Å². The van der Waals surface area contributed by atoms with Crippen molar-refractivity contribution in [3.8, 4) is 0 Å². The Balaban J connectivity index is 2.10. The lowest BCUT2D eigenvalue weighted by Crippen LogP contribution is -2.38. The summed E-state index contributed by atoms with van der Waals surface area (Å²) < 4.78 is 0. The van der Waals surface area contributed by atoms with E-state index in [1.54, 1.807) is 13.2 Å². The van der Waals surface area contributed by atoms with Crippen molar-refractivity contribution in [1.29, 1.82) is 0 Å². The Hall–Kier alpha value is -1.62. The maximum atomic E-state index is 11.7. The maximum Gasteiger partial charge on any atom is 0.269 e. The van der Waals surface area contributed by atoms with Crippen molar-refractivity contribution in [2.75, 3.05) is 38.1 Å². The van der Waals surface area contributed by atoms with Crippen LogP contribution in [0.4, 0.5) is 5.69 Å². The molecule has 1 amide bonds. The Kier molecular flexibility index (Phi) is 5.99. The molecule has 0 spiro atoms. The number of carbonyl (C=O) groups is 1. The van der Waals surface area contributed by atoms with E-state index in [1.165, 1.54) is 12.8 Å². The number of anilines is 1. The van der Waals surface area contributed by atoms with Crippen LogP contribution in [0.2, 0.25) is 0 Å². The van der Waals surface area contributed by atoms with E-state index >= 15 is 0 Å². The third kappa shape index (κ3) is 4.43. The van der Waals surface area contributed by atoms with Gasteiger partial charge in [-0.05, 0) is 50.4 Å². The molecule has 116 valence electrons. The summed E-state index contributed by atoms with van der Waals surface area (Å²) >= 11 is 0. The average molecular weight is 290 g/mol. The van der Waals surface area contributed by atoms with Crippen LogP contribution >= 0.6 is 0 Å². The molecule has 2 rings (SSSR count). The van der Waals surface area contributed by atoms with E-state index in [0.29, 0.717) is 11.6 Å². The predicted molar refractivity (Wildman–Crippen MR) is 85.7 cm³/mol. The smallest absolute Gasteiger partial charge is 0.269 e. The summed E-state index contributed by atoms with van der Waals surface area (Å²) in [7, 11) is 1.63. The highest BCUT2D eigenvalue weighted by Gasteiger charge is 2.18. The molecule has 1 unspecified atom stereocenters. The number of pyridine rings is 1. The van der Waals surface area contributed by atoms with Gasteiger partial charge in [-0.25, -0.2) is 0 Å². The van der Waals surface area contributed by atoms with Gasteiger partial charge in [0.1, 0.15) is 5.69 Å². The van der Waals surface area contributed by atoms with Gasteiger partial charge >= 0.3 is 0 Å². The normalized spacial score (nSPS) is 18.3. The lowest BCUT2D eigenvalue weighted by Gasteiger charge is -2.31. The number of piperidine rings is 1. The molecule has 0 bridgehead atoms. The fourth-order valence-corrected chi connectivity index (χ4v) is 2.86. The van der Waals surface area contributed by atoms with Crippen LogP contribution < -0.4 is 15.5 Å². The average Bonchev–Trinajstić information content (AvgIpc) is 2.55. The standard InChI is InChI=1S/C16H26N4O/c1-3-9-20(12-13-5-4-7-18-11-13)14-6-8-19-15(10-14)16(21)17-2/h6,8,10,13,18H,3-5,7,9,11-12H2,1-2H3,(H,17,21). The quantitative estimate of drug-likeness (QED) is 0.836. The molecule has 5 heteroatoms. The molecule has 1 aromatic heterocycles. The van der Waals surface area contributed by atoms with Crippen molar-refractivity contribution >= 4 is 11.6 Å². The van der Waals surface area contributed by atoms with Crippen LogP contribution in [0.1, 0.15) is 36.7 Å². The Labute approximate surface area is 127 Å². The number of rotatable bonds is 6. The highest BCUT2D eigenvalue weighted by Crippen LogP contribution is 2.19. The largest absolute Gasteiger partial charge is 0.371 e. The van der Waals surface area contributed by atoms with Crippen LogP contribution in [-0.4, -0.2) is 44.1 Å². The number of aromatic nitrogens is 1. The van der Waals surface area contributed by atoms with Gasteiger partial charge in [0.05, 0.1) is 0 Å². The van der Waals surface area contributed by atoms with Gasteiger partial charge in [-0.2, -0.15) is 0 Å². The number of hydrogen-bond donors (Lipinski definition) is 2. The van der Waals surface area contributed by atoms with Gasteiger partial charge in [-0.3, -0.25) is 9.78 Å². The van der Waals surface area contributed by atoms with Gasteiger partial charge in [-0.15, -0.1) is 0 Å². The van der Waals surface area contributed by atoms with Gasteiger partial charge in [0, 0.05) is 32.0 Å². The Morgan fingerprint density at radius 2 is 2.43 bits per heavy atom. The van der Waals surface area contributed by atoms with Gasteiger partial charge < -0.3 is 15.5 Å². The fraction of sp³-hybridized carbons (Fsp3) is 0.625. The van der Waals surface area contributed by atoms with E-state index in [-0.39, 0.29) is 5.91 Å². The first kappa shape index (κ1) is 15.8. The van der Waals surface area contributed by atoms with Crippen molar-refractivity contribution in [3.63, 3.8) is 0 Å². The zero-order valence-corrected chi connectivity index (χ0v) is 13.1. The lowest BCUT2D eigenvalue weighted by atomic mass is 9.98. The van der Waals surface area contributed by atoms with Gasteiger partial charge in [0.15, 0.2) is 0 Å². The summed E-state index contributed by atoms with van der Waals surface area (Å²) in [5, 5.41) is 6.10. The molecule has 1 atom stereocenters. The van der Waals surface area contributed by atoms with Crippen molar-refractivity contribution < 1.29 is 4.79 Å². The van der Waals surface area contributed by atoms with E-state index in [1.807, 2.05) is 12.1 Å². The van der Waals surface area contributed by atoms with Gasteiger partial charge in [-0.1, -0.05) is 6.92 Å². The first-order chi connectivity index (χ1) is 10.2. The molecule has 0 radical (unpaired) electrons. The third-order valence-electron chi connectivity index (χ3n) is 3.94. The second kappa shape index (κ2) is 7.98. The van der Waals surface area contributed by atoms with Crippen LogP contribution in [0.25, 0.3) is 0 Å². The molecule has 1 fully saturated rings. The van der Waals surface area contributed by atoms with E-state index in [2.05, 4.69) is 27.4 Å². The topological polar surface area (TPSA) is 57.3 Å². The minimum Gasteiger partial charge on any atom is -0.371 e. The van der Waals surface area contributed by atoms with Crippen LogP contribution in [0, 0.1) is 5.92 Å². The molecule has 2 N–H and O–H groups in total. The first-order valence-corrected chi connectivity index (χ1v) is 7.88. The Bertz CT molecular complexity index is 457. The summed E-state index contributed by atoms with van der Waals surface area (Å²) in [5.74, 6) is 0.551. The van der Waals surface area contributed by atoms with E-state index < -0.39 is 0 Å². The maximum absolute atomic E-state index is 11.7. The summed E-state index contributed by atoms with van der Waals surface area (Å²) in [6, 6.07) is 3.89. The van der Waals surface area contributed by atoms with Crippen LogP contribution in [0.5, 0.6) is 0 Å². The molecular formula is C16H26N4O. The number of carbonyl (C=O) groups excluding carboxylic acids is 1. The summed E-state index contributed by atoms with van der Waals surface area (Å²) in [4.78, 5) is 18.3. The van der Waals surface area contributed by atoms with E-state index in [4.69, 9.17) is 0 Å². The molecule has 1 aliphatic heterocycles. The summed E-state index contributed by atoms with van der Waals surface area (Å²) in [6.45, 7) is 6.46. The molecule has 1 aliphatic rings. The molecule has 0 aromatic carbocycles. The molecule has 21 heavy (non-hydrogen) atoms. The first-order valence-electron chi connectivity index (χ1n) is 7.88. The summed E-state index contributed by atoms with van der Waals surface area (Å²) in [5.41, 5.74) is 1.58. The molecule has 0 aliphatic carbocycles. The Morgan fingerprint density at radius 1 is 1.57 bits per heavy atom. The molecule has 5 nitrogen and oxygen atoms in total. The number of nitrogens with one attached hydrogen (secondary N) is 2. The number of hydrogen-bond acceptors (Lipinski definition) is 4. The SMILES string of the molecule is CCCN(CC1CCCNC1)c1ccnc(C(=O)NC)c1. The Morgan fingerprint density at radius 3 is 3.10 bits per heavy atom. The highest BCUT2D eigenvalue weighted by atomic mass is 16.1. The van der Waals surface area contributed by atoms with E-state index in [9.17, 15) is 4.79 Å². The van der Waals surface area contributed by atoms with Crippen molar-refractivity contribution in [3.05, 3.63) is 24.0 Å². The zero-order valence-electron chi connectivity index (χ0n) is 13.1. The molecular weight excluding hydrogens is 264 g/mol. The second-order valence-electron chi connectivity index (χ2n) is 5.64. The minimum absolute atomic E-state index is 0.132. The van der Waals surface area contributed by atoms with Crippen LogP contribution in [0.3, 0.4) is 0 Å².